The molecule has 60 valence electrons. The molecule has 3 nitrogen and oxygen atoms in total. The minimum absolute atomic E-state index is 0.0658. The maximum Gasteiger partial charge on any atom is 0.189 e. The summed E-state index contributed by atoms with van der Waals surface area (Å²) < 4.78 is 19.1. The third-order valence-electron chi connectivity index (χ3n) is 0.974. The molecule has 0 amide bonds. The Kier molecular flexibility index (Phi) is 2.84. The Bertz CT molecular complexity index is 305. The molecule has 0 radical (unpaired) electrons. The van der Waals surface area contributed by atoms with Gasteiger partial charge >= 0.3 is 0 Å². The lowest BCUT2D eigenvalue weighted by atomic mass is 10.5. The quantitative estimate of drug-likeness (QED) is 0.571. The standard InChI is InChI=1S/C5H3Cl2NO2S/c6-3-1-5(7)8-2-4(3)11(9)10/h1-2H,(H,9,10). The molecular formula is C5H3Cl2NO2S. The molecule has 0 aliphatic carbocycles. The van der Waals surface area contributed by atoms with Crippen LogP contribution in [-0.4, -0.2) is 13.7 Å². The predicted octanol–water partition coefficient (Wildman–Crippen LogP) is 1.97. The van der Waals surface area contributed by atoms with Crippen molar-refractivity contribution in [3.8, 4) is 0 Å². The van der Waals surface area contributed by atoms with Crippen molar-refractivity contribution in [3.63, 3.8) is 0 Å². The van der Waals surface area contributed by atoms with Gasteiger partial charge in [-0.05, 0) is 6.07 Å². The van der Waals surface area contributed by atoms with Crippen LogP contribution in [0.5, 0.6) is 0 Å². The van der Waals surface area contributed by atoms with Crippen molar-refractivity contribution >= 4 is 34.3 Å². The number of nitrogens with zero attached hydrogens (tertiary/aromatic N) is 1. The number of aromatic nitrogens is 1. The minimum Gasteiger partial charge on any atom is -0.302 e. The maximum absolute atomic E-state index is 10.5. The lowest BCUT2D eigenvalue weighted by Crippen LogP contribution is -1.90. The van der Waals surface area contributed by atoms with Crippen molar-refractivity contribution in [3.05, 3.63) is 22.4 Å². The van der Waals surface area contributed by atoms with E-state index in [-0.39, 0.29) is 15.1 Å². The van der Waals surface area contributed by atoms with E-state index >= 15 is 0 Å². The molecule has 0 aromatic carbocycles. The van der Waals surface area contributed by atoms with Crippen LogP contribution in [0, 0.1) is 0 Å². The van der Waals surface area contributed by atoms with Crippen molar-refractivity contribution < 1.29 is 8.76 Å². The van der Waals surface area contributed by atoms with E-state index in [0.717, 1.165) is 0 Å². The molecule has 1 aromatic rings. The number of hydrogen-bond acceptors (Lipinski definition) is 2. The highest BCUT2D eigenvalue weighted by Gasteiger charge is 2.06. The summed E-state index contributed by atoms with van der Waals surface area (Å²) in [6.45, 7) is 0. The zero-order chi connectivity index (χ0) is 8.43. The molecule has 0 spiro atoms. The molecular weight excluding hydrogens is 209 g/mol. The van der Waals surface area contributed by atoms with Crippen LogP contribution in [0.4, 0.5) is 0 Å². The van der Waals surface area contributed by atoms with Crippen LogP contribution in [-0.2, 0) is 11.1 Å². The van der Waals surface area contributed by atoms with Gasteiger partial charge in [0.05, 0.1) is 5.02 Å². The van der Waals surface area contributed by atoms with Gasteiger partial charge in [0, 0.05) is 6.20 Å². The van der Waals surface area contributed by atoms with Gasteiger partial charge in [-0.3, -0.25) is 0 Å². The van der Waals surface area contributed by atoms with Gasteiger partial charge in [-0.2, -0.15) is 0 Å². The van der Waals surface area contributed by atoms with Gasteiger partial charge in [-0.25, -0.2) is 9.19 Å². The van der Waals surface area contributed by atoms with Crippen molar-refractivity contribution in [2.24, 2.45) is 0 Å². The Labute approximate surface area is 75.6 Å². The number of halogens is 2. The van der Waals surface area contributed by atoms with Crippen LogP contribution in [0.1, 0.15) is 0 Å². The van der Waals surface area contributed by atoms with E-state index in [4.69, 9.17) is 27.8 Å². The van der Waals surface area contributed by atoms with Crippen molar-refractivity contribution in [1.29, 1.82) is 0 Å². The molecule has 1 rings (SSSR count). The molecule has 0 bridgehead atoms. The number of rotatable bonds is 1. The fourth-order valence-electron chi connectivity index (χ4n) is 0.523. The largest absolute Gasteiger partial charge is 0.302 e. The summed E-state index contributed by atoms with van der Waals surface area (Å²) in [6.07, 6.45) is 1.17. The smallest absolute Gasteiger partial charge is 0.189 e. The van der Waals surface area contributed by atoms with Crippen LogP contribution in [0.2, 0.25) is 10.2 Å². The van der Waals surface area contributed by atoms with E-state index in [0.29, 0.717) is 0 Å². The second-order valence-electron chi connectivity index (χ2n) is 1.69. The first kappa shape index (κ1) is 8.93. The lowest BCUT2D eigenvalue weighted by molar-refractivity contribution is 0.564. The minimum atomic E-state index is -2.10. The van der Waals surface area contributed by atoms with E-state index in [9.17, 15) is 4.21 Å². The van der Waals surface area contributed by atoms with Gasteiger partial charge in [0.15, 0.2) is 11.1 Å². The third-order valence-corrected chi connectivity index (χ3v) is 2.31. The van der Waals surface area contributed by atoms with Crippen LogP contribution < -0.4 is 0 Å². The summed E-state index contributed by atoms with van der Waals surface area (Å²) in [5.74, 6) is 0. The highest BCUT2D eigenvalue weighted by atomic mass is 35.5. The second-order valence-corrected chi connectivity index (χ2v) is 3.42. The molecule has 0 fully saturated rings. The van der Waals surface area contributed by atoms with E-state index in [1.165, 1.54) is 12.3 Å². The van der Waals surface area contributed by atoms with E-state index < -0.39 is 11.1 Å². The van der Waals surface area contributed by atoms with E-state index in [2.05, 4.69) is 4.98 Å². The summed E-state index contributed by atoms with van der Waals surface area (Å²) in [5.41, 5.74) is 0. The van der Waals surface area contributed by atoms with Gasteiger partial charge in [0.2, 0.25) is 0 Å². The zero-order valence-electron chi connectivity index (χ0n) is 5.12. The first-order chi connectivity index (χ1) is 5.11. The molecule has 1 aromatic heterocycles. The monoisotopic (exact) mass is 211 g/mol. The normalized spacial score (nSPS) is 13.0. The average Bonchev–Trinajstić information content (AvgIpc) is 1.85. The molecule has 1 N–H and O–H groups in total. The highest BCUT2D eigenvalue weighted by molar-refractivity contribution is 7.79. The van der Waals surface area contributed by atoms with Gasteiger partial charge in [-0.1, -0.05) is 23.2 Å². The van der Waals surface area contributed by atoms with Crippen LogP contribution in [0.25, 0.3) is 0 Å². The Morgan fingerprint density at radius 3 is 2.64 bits per heavy atom. The SMILES string of the molecule is O=S(O)c1cnc(Cl)cc1Cl. The van der Waals surface area contributed by atoms with E-state index in [1.807, 2.05) is 0 Å². The first-order valence-corrected chi connectivity index (χ1v) is 4.39. The second kappa shape index (κ2) is 3.49. The third kappa shape index (κ3) is 2.13. The van der Waals surface area contributed by atoms with Crippen LogP contribution in [0.3, 0.4) is 0 Å². The van der Waals surface area contributed by atoms with Crippen molar-refractivity contribution in [2.45, 2.75) is 4.90 Å². The summed E-state index contributed by atoms with van der Waals surface area (Å²) in [7, 11) is 0. The molecule has 0 aliphatic rings. The first-order valence-electron chi connectivity index (χ1n) is 2.53. The maximum atomic E-state index is 10.5. The van der Waals surface area contributed by atoms with Gasteiger partial charge in [-0.15, -0.1) is 0 Å². The molecule has 0 saturated heterocycles. The predicted molar refractivity (Wildman–Crippen MR) is 43.3 cm³/mol. The summed E-state index contributed by atoms with van der Waals surface area (Å²) in [4.78, 5) is 3.65. The molecule has 1 atom stereocenters. The summed E-state index contributed by atoms with van der Waals surface area (Å²) >= 11 is 8.89. The lowest BCUT2D eigenvalue weighted by Gasteiger charge is -1.96. The van der Waals surface area contributed by atoms with Crippen LogP contribution >= 0.6 is 23.2 Å². The Balaban J connectivity index is 3.20. The van der Waals surface area contributed by atoms with Crippen molar-refractivity contribution in [2.75, 3.05) is 0 Å². The number of pyridine rings is 1. The fraction of sp³-hybridized carbons (Fsp3) is 0. The van der Waals surface area contributed by atoms with Gasteiger partial charge < -0.3 is 4.55 Å². The molecule has 11 heavy (non-hydrogen) atoms. The van der Waals surface area contributed by atoms with Crippen LogP contribution in [0.15, 0.2) is 17.2 Å². The van der Waals surface area contributed by atoms with Gasteiger partial charge in [0.1, 0.15) is 10.0 Å². The Morgan fingerprint density at radius 1 is 1.55 bits per heavy atom. The highest BCUT2D eigenvalue weighted by Crippen LogP contribution is 2.20. The molecule has 0 saturated carbocycles. The summed E-state index contributed by atoms with van der Waals surface area (Å²) in [6, 6.07) is 1.31. The Hall–Kier alpha value is -0.160. The fourth-order valence-corrected chi connectivity index (χ4v) is 1.46. The molecule has 0 aliphatic heterocycles. The topological polar surface area (TPSA) is 50.2 Å². The molecule has 1 heterocycles. The van der Waals surface area contributed by atoms with E-state index in [1.54, 1.807) is 0 Å². The van der Waals surface area contributed by atoms with Gasteiger partial charge in [0.25, 0.3) is 0 Å². The number of hydrogen-bond donors (Lipinski definition) is 1. The van der Waals surface area contributed by atoms with Crippen molar-refractivity contribution in [1.82, 2.24) is 4.98 Å². The average molecular weight is 212 g/mol. The summed E-state index contributed by atoms with van der Waals surface area (Å²) in [5, 5.41) is 0.343. The molecule has 1 unspecified atom stereocenters. The zero-order valence-corrected chi connectivity index (χ0v) is 7.45. The molecule has 6 heteroatoms. The Morgan fingerprint density at radius 2 is 2.18 bits per heavy atom.